The quantitative estimate of drug-likeness (QED) is 0.809. The van der Waals surface area contributed by atoms with Crippen LogP contribution in [0, 0.1) is 0 Å². The van der Waals surface area contributed by atoms with Crippen molar-refractivity contribution < 1.29 is 4.79 Å². The fourth-order valence-electron chi connectivity index (χ4n) is 1.44. The van der Waals surface area contributed by atoms with Gasteiger partial charge >= 0.3 is 0 Å². The Morgan fingerprint density at radius 2 is 2.29 bits per heavy atom. The summed E-state index contributed by atoms with van der Waals surface area (Å²) in [5.41, 5.74) is 6.01. The van der Waals surface area contributed by atoms with E-state index in [0.717, 1.165) is 6.42 Å². The lowest BCUT2D eigenvalue weighted by atomic mass is 10.1. The van der Waals surface area contributed by atoms with Crippen molar-refractivity contribution in [2.75, 3.05) is 0 Å². The number of hydrogen-bond donors (Lipinski definition) is 2. The molecule has 1 atom stereocenters. The van der Waals surface area contributed by atoms with Crippen molar-refractivity contribution in [3.63, 3.8) is 0 Å². The van der Waals surface area contributed by atoms with Crippen molar-refractivity contribution in [2.24, 2.45) is 5.73 Å². The molecule has 1 aromatic carbocycles. The van der Waals surface area contributed by atoms with E-state index in [1.807, 2.05) is 6.92 Å². The average Bonchev–Trinajstić information content (AvgIpc) is 2.27. The minimum absolute atomic E-state index is 0.0287. The molecule has 0 saturated carbocycles. The molecule has 17 heavy (non-hydrogen) atoms. The summed E-state index contributed by atoms with van der Waals surface area (Å²) in [6, 6.07) is 6.79. The summed E-state index contributed by atoms with van der Waals surface area (Å²) in [5, 5.41) is 3.42. The Hall–Kier alpha value is -1.13. The monoisotopic (exact) mass is 270 g/mol. The first-order chi connectivity index (χ1) is 8.02. The van der Waals surface area contributed by atoms with Gasteiger partial charge in [0.1, 0.15) is 0 Å². The molecule has 5 heteroatoms. The number of rotatable bonds is 5. The first-order valence-electron chi connectivity index (χ1n) is 5.37. The highest BCUT2D eigenvalue weighted by Crippen LogP contribution is 2.11. The van der Waals surface area contributed by atoms with E-state index in [1.54, 1.807) is 24.3 Å². The van der Waals surface area contributed by atoms with Gasteiger partial charge < -0.3 is 11.1 Å². The summed E-state index contributed by atoms with van der Waals surface area (Å²) in [7, 11) is 0. The number of hydrogen-bond acceptors (Lipinski definition) is 2. The molecule has 0 aliphatic heterocycles. The van der Waals surface area contributed by atoms with Crippen LogP contribution in [0.25, 0.3) is 0 Å². The highest BCUT2D eigenvalue weighted by atomic mass is 35.5. The Morgan fingerprint density at radius 3 is 2.82 bits per heavy atom. The van der Waals surface area contributed by atoms with Crippen LogP contribution in [-0.2, 0) is 0 Å². The van der Waals surface area contributed by atoms with E-state index in [-0.39, 0.29) is 11.9 Å². The van der Waals surface area contributed by atoms with Crippen molar-refractivity contribution in [1.82, 2.24) is 5.32 Å². The third-order valence-electron chi connectivity index (χ3n) is 2.36. The van der Waals surface area contributed by atoms with Gasteiger partial charge in [0.2, 0.25) is 0 Å². The van der Waals surface area contributed by atoms with Crippen LogP contribution in [-0.4, -0.2) is 16.9 Å². The Kier molecular flexibility index (Phi) is 5.38. The molecule has 0 heterocycles. The second-order valence-electron chi connectivity index (χ2n) is 3.76. The predicted octanol–water partition coefficient (Wildman–Crippen LogP) is 2.52. The SMILES string of the molecule is CCC(CC(N)=S)NC(=O)c1cccc(Cl)c1. The molecule has 3 nitrogen and oxygen atoms in total. The summed E-state index contributed by atoms with van der Waals surface area (Å²) in [5.74, 6) is -0.157. The molecule has 0 aliphatic carbocycles. The maximum absolute atomic E-state index is 11.9. The second kappa shape index (κ2) is 6.57. The number of carbonyl (C=O) groups excluding carboxylic acids is 1. The molecule has 1 aromatic rings. The van der Waals surface area contributed by atoms with Crippen molar-refractivity contribution in [3.05, 3.63) is 34.9 Å². The van der Waals surface area contributed by atoms with Crippen LogP contribution in [0.4, 0.5) is 0 Å². The van der Waals surface area contributed by atoms with E-state index in [4.69, 9.17) is 29.6 Å². The number of thiocarbonyl (C=S) groups is 1. The van der Waals surface area contributed by atoms with Crippen LogP contribution in [0.5, 0.6) is 0 Å². The Morgan fingerprint density at radius 1 is 1.59 bits per heavy atom. The molecule has 1 amide bonds. The van der Waals surface area contributed by atoms with Crippen LogP contribution in [0.15, 0.2) is 24.3 Å². The number of nitrogens with one attached hydrogen (secondary N) is 1. The first kappa shape index (κ1) is 13.9. The summed E-state index contributed by atoms with van der Waals surface area (Å²) >= 11 is 10.7. The van der Waals surface area contributed by atoms with Gasteiger partial charge in [0.25, 0.3) is 5.91 Å². The van der Waals surface area contributed by atoms with Gasteiger partial charge in [-0.15, -0.1) is 0 Å². The number of halogens is 1. The number of amides is 1. The van der Waals surface area contributed by atoms with E-state index < -0.39 is 0 Å². The van der Waals surface area contributed by atoms with Gasteiger partial charge in [-0.1, -0.05) is 36.8 Å². The van der Waals surface area contributed by atoms with Gasteiger partial charge in [-0.3, -0.25) is 4.79 Å². The normalized spacial score (nSPS) is 11.9. The number of benzene rings is 1. The summed E-state index contributed by atoms with van der Waals surface area (Å²) in [6.07, 6.45) is 1.29. The molecular weight excluding hydrogens is 256 g/mol. The summed E-state index contributed by atoms with van der Waals surface area (Å²) in [4.78, 5) is 12.3. The molecule has 92 valence electrons. The fourth-order valence-corrected chi connectivity index (χ4v) is 1.83. The zero-order valence-electron chi connectivity index (χ0n) is 9.57. The van der Waals surface area contributed by atoms with E-state index in [1.165, 1.54) is 0 Å². The maximum Gasteiger partial charge on any atom is 0.251 e. The fraction of sp³-hybridized carbons (Fsp3) is 0.333. The highest BCUT2D eigenvalue weighted by molar-refractivity contribution is 7.80. The minimum atomic E-state index is -0.157. The summed E-state index contributed by atoms with van der Waals surface area (Å²) in [6.45, 7) is 1.97. The Bertz CT molecular complexity index is 423. The van der Waals surface area contributed by atoms with Crippen LogP contribution < -0.4 is 11.1 Å². The topological polar surface area (TPSA) is 55.1 Å². The highest BCUT2D eigenvalue weighted by Gasteiger charge is 2.13. The molecule has 0 radical (unpaired) electrons. The standard InChI is InChI=1S/C12H15ClN2OS/c1-2-10(7-11(14)17)15-12(16)8-4-3-5-9(13)6-8/h3-6,10H,2,7H2,1H3,(H2,14,17)(H,15,16). The van der Waals surface area contributed by atoms with E-state index in [2.05, 4.69) is 5.32 Å². The van der Waals surface area contributed by atoms with Crippen molar-refractivity contribution in [3.8, 4) is 0 Å². The lowest BCUT2D eigenvalue weighted by Gasteiger charge is -2.16. The van der Waals surface area contributed by atoms with Gasteiger partial charge in [-0.25, -0.2) is 0 Å². The van der Waals surface area contributed by atoms with Crippen LogP contribution in [0.1, 0.15) is 30.1 Å². The van der Waals surface area contributed by atoms with Crippen molar-refractivity contribution in [2.45, 2.75) is 25.8 Å². The van der Waals surface area contributed by atoms with E-state index in [0.29, 0.717) is 22.0 Å². The molecule has 0 fully saturated rings. The van der Waals surface area contributed by atoms with Crippen LogP contribution in [0.2, 0.25) is 5.02 Å². The molecule has 0 saturated heterocycles. The van der Waals surface area contributed by atoms with Gasteiger partial charge in [-0.05, 0) is 24.6 Å². The molecule has 0 aromatic heterocycles. The third-order valence-corrected chi connectivity index (χ3v) is 2.76. The predicted molar refractivity (Wildman–Crippen MR) is 74.4 cm³/mol. The molecule has 0 spiro atoms. The lowest BCUT2D eigenvalue weighted by Crippen LogP contribution is -2.37. The molecule has 0 aliphatic rings. The van der Waals surface area contributed by atoms with Gasteiger partial charge in [-0.2, -0.15) is 0 Å². The van der Waals surface area contributed by atoms with E-state index >= 15 is 0 Å². The van der Waals surface area contributed by atoms with Gasteiger partial charge in [0.15, 0.2) is 0 Å². The van der Waals surface area contributed by atoms with Gasteiger partial charge in [0, 0.05) is 23.0 Å². The smallest absolute Gasteiger partial charge is 0.251 e. The number of nitrogens with two attached hydrogens (primary N) is 1. The largest absolute Gasteiger partial charge is 0.393 e. The molecule has 1 rings (SSSR count). The number of carbonyl (C=O) groups is 1. The molecular formula is C12H15ClN2OS. The van der Waals surface area contributed by atoms with Crippen LogP contribution in [0.3, 0.4) is 0 Å². The van der Waals surface area contributed by atoms with Gasteiger partial charge in [0.05, 0.1) is 4.99 Å². The Labute approximate surface area is 111 Å². The zero-order chi connectivity index (χ0) is 12.8. The molecule has 1 unspecified atom stereocenters. The van der Waals surface area contributed by atoms with Crippen molar-refractivity contribution in [1.29, 1.82) is 0 Å². The zero-order valence-corrected chi connectivity index (χ0v) is 11.1. The van der Waals surface area contributed by atoms with Crippen molar-refractivity contribution >= 4 is 34.7 Å². The summed E-state index contributed by atoms with van der Waals surface area (Å²) < 4.78 is 0. The minimum Gasteiger partial charge on any atom is -0.393 e. The second-order valence-corrected chi connectivity index (χ2v) is 4.72. The maximum atomic E-state index is 11.9. The molecule has 3 N–H and O–H groups in total. The Balaban J connectivity index is 2.67. The lowest BCUT2D eigenvalue weighted by molar-refractivity contribution is 0.0937. The average molecular weight is 271 g/mol. The molecule has 0 bridgehead atoms. The van der Waals surface area contributed by atoms with E-state index in [9.17, 15) is 4.79 Å². The first-order valence-corrected chi connectivity index (χ1v) is 6.16. The van der Waals surface area contributed by atoms with Crippen LogP contribution >= 0.6 is 23.8 Å². The third kappa shape index (κ3) is 4.71.